The van der Waals surface area contributed by atoms with Crippen molar-refractivity contribution in [2.24, 2.45) is 0 Å². The predicted octanol–water partition coefficient (Wildman–Crippen LogP) is 5.47. The SMILES string of the molecule is CCCCCn1c(Cc2ccccc2Cl)nc2ccccc21. The van der Waals surface area contributed by atoms with Gasteiger partial charge in [0.25, 0.3) is 0 Å². The van der Waals surface area contributed by atoms with Crippen molar-refractivity contribution in [1.29, 1.82) is 0 Å². The van der Waals surface area contributed by atoms with Crippen molar-refractivity contribution in [2.45, 2.75) is 39.2 Å². The van der Waals surface area contributed by atoms with E-state index in [-0.39, 0.29) is 0 Å². The highest BCUT2D eigenvalue weighted by Gasteiger charge is 2.12. The van der Waals surface area contributed by atoms with E-state index in [1.54, 1.807) is 0 Å². The highest BCUT2D eigenvalue weighted by molar-refractivity contribution is 6.31. The lowest BCUT2D eigenvalue weighted by Crippen LogP contribution is -2.05. The van der Waals surface area contributed by atoms with Crippen molar-refractivity contribution >= 4 is 22.6 Å². The van der Waals surface area contributed by atoms with Crippen molar-refractivity contribution in [3.8, 4) is 0 Å². The smallest absolute Gasteiger partial charge is 0.114 e. The lowest BCUT2D eigenvalue weighted by molar-refractivity contribution is 0.596. The molecule has 0 unspecified atom stereocenters. The fourth-order valence-electron chi connectivity index (χ4n) is 2.84. The van der Waals surface area contributed by atoms with Gasteiger partial charge in [0.15, 0.2) is 0 Å². The number of aryl methyl sites for hydroxylation is 1. The summed E-state index contributed by atoms with van der Waals surface area (Å²) < 4.78 is 2.36. The molecule has 0 saturated carbocycles. The molecule has 0 bridgehead atoms. The molecule has 0 amide bonds. The quantitative estimate of drug-likeness (QED) is 0.552. The third kappa shape index (κ3) is 3.17. The molecule has 0 atom stereocenters. The number of unbranched alkanes of at least 4 members (excludes halogenated alkanes) is 2. The predicted molar refractivity (Wildman–Crippen MR) is 93.5 cm³/mol. The summed E-state index contributed by atoms with van der Waals surface area (Å²) in [5, 5.41) is 0.815. The van der Waals surface area contributed by atoms with Crippen molar-refractivity contribution in [1.82, 2.24) is 9.55 Å². The van der Waals surface area contributed by atoms with Gasteiger partial charge >= 0.3 is 0 Å². The Morgan fingerprint density at radius 3 is 2.59 bits per heavy atom. The Morgan fingerprint density at radius 1 is 1.00 bits per heavy atom. The number of hydrogen-bond donors (Lipinski definition) is 0. The maximum atomic E-state index is 6.31. The third-order valence-corrected chi connectivity index (χ3v) is 4.39. The van der Waals surface area contributed by atoms with Crippen LogP contribution in [0.4, 0.5) is 0 Å². The second-order valence-electron chi connectivity index (χ2n) is 5.64. The van der Waals surface area contributed by atoms with Gasteiger partial charge < -0.3 is 4.57 Å². The fourth-order valence-corrected chi connectivity index (χ4v) is 3.04. The number of nitrogens with zero attached hydrogens (tertiary/aromatic N) is 2. The highest BCUT2D eigenvalue weighted by Crippen LogP contribution is 2.23. The van der Waals surface area contributed by atoms with E-state index in [0.29, 0.717) is 0 Å². The molecule has 0 aliphatic carbocycles. The topological polar surface area (TPSA) is 17.8 Å². The number of imidazole rings is 1. The van der Waals surface area contributed by atoms with Crippen LogP contribution in [0.3, 0.4) is 0 Å². The molecule has 2 aromatic carbocycles. The second-order valence-corrected chi connectivity index (χ2v) is 6.05. The lowest BCUT2D eigenvalue weighted by Gasteiger charge is -2.10. The Balaban J connectivity index is 1.97. The minimum absolute atomic E-state index is 0.778. The Kier molecular flexibility index (Phi) is 4.79. The second kappa shape index (κ2) is 6.97. The Morgan fingerprint density at radius 2 is 1.77 bits per heavy atom. The molecule has 0 saturated heterocycles. The summed E-state index contributed by atoms with van der Waals surface area (Å²) in [5.41, 5.74) is 3.43. The van der Waals surface area contributed by atoms with Gasteiger partial charge in [-0.1, -0.05) is 61.7 Å². The summed E-state index contributed by atoms with van der Waals surface area (Å²) in [5.74, 6) is 1.10. The van der Waals surface area contributed by atoms with Crippen LogP contribution < -0.4 is 0 Å². The number of benzene rings is 2. The van der Waals surface area contributed by atoms with E-state index in [2.05, 4.69) is 35.8 Å². The van der Waals surface area contributed by atoms with Gasteiger partial charge in [-0.15, -0.1) is 0 Å². The molecule has 1 heterocycles. The zero-order valence-corrected chi connectivity index (χ0v) is 13.7. The van der Waals surface area contributed by atoms with Crippen molar-refractivity contribution in [3.63, 3.8) is 0 Å². The molecular weight excluding hydrogens is 292 g/mol. The minimum Gasteiger partial charge on any atom is -0.328 e. The Labute approximate surface area is 136 Å². The number of aromatic nitrogens is 2. The van der Waals surface area contributed by atoms with Crippen LogP contribution in [-0.2, 0) is 13.0 Å². The summed E-state index contributed by atoms with van der Waals surface area (Å²) in [6.07, 6.45) is 4.44. The number of halogens is 1. The van der Waals surface area contributed by atoms with Gasteiger partial charge in [-0.3, -0.25) is 0 Å². The van der Waals surface area contributed by atoms with Crippen LogP contribution in [0.15, 0.2) is 48.5 Å². The number of para-hydroxylation sites is 2. The van der Waals surface area contributed by atoms with Crippen molar-refractivity contribution in [2.75, 3.05) is 0 Å². The van der Waals surface area contributed by atoms with E-state index >= 15 is 0 Å². The monoisotopic (exact) mass is 312 g/mol. The first-order chi connectivity index (χ1) is 10.8. The largest absolute Gasteiger partial charge is 0.328 e. The Bertz CT molecular complexity index is 761. The maximum Gasteiger partial charge on any atom is 0.114 e. The van der Waals surface area contributed by atoms with Crippen LogP contribution >= 0.6 is 11.6 Å². The number of hydrogen-bond acceptors (Lipinski definition) is 1. The first kappa shape index (κ1) is 15.1. The molecule has 2 nitrogen and oxygen atoms in total. The third-order valence-electron chi connectivity index (χ3n) is 4.03. The minimum atomic E-state index is 0.778. The van der Waals surface area contributed by atoms with E-state index in [0.717, 1.165) is 34.9 Å². The van der Waals surface area contributed by atoms with Gasteiger partial charge in [0, 0.05) is 18.0 Å². The van der Waals surface area contributed by atoms with Gasteiger partial charge in [0.05, 0.1) is 11.0 Å². The van der Waals surface area contributed by atoms with E-state index in [4.69, 9.17) is 16.6 Å². The van der Waals surface area contributed by atoms with Crippen LogP contribution in [0.1, 0.15) is 37.6 Å². The summed E-state index contributed by atoms with van der Waals surface area (Å²) in [6, 6.07) is 16.4. The fraction of sp³-hybridized carbons (Fsp3) is 0.316. The van der Waals surface area contributed by atoms with E-state index in [1.807, 2.05) is 24.3 Å². The first-order valence-electron chi connectivity index (χ1n) is 7.97. The van der Waals surface area contributed by atoms with Crippen LogP contribution in [-0.4, -0.2) is 9.55 Å². The summed E-state index contributed by atoms with van der Waals surface area (Å²) >= 11 is 6.31. The van der Waals surface area contributed by atoms with Crippen LogP contribution in [0, 0.1) is 0 Å². The number of fused-ring (bicyclic) bond motifs is 1. The highest BCUT2D eigenvalue weighted by atomic mass is 35.5. The van der Waals surface area contributed by atoms with Gasteiger partial charge in [0.2, 0.25) is 0 Å². The van der Waals surface area contributed by atoms with Gasteiger partial charge in [-0.2, -0.15) is 0 Å². The molecule has 0 N–H and O–H groups in total. The van der Waals surface area contributed by atoms with E-state index < -0.39 is 0 Å². The Hall–Kier alpha value is -1.80. The normalized spacial score (nSPS) is 11.2. The van der Waals surface area contributed by atoms with E-state index in [9.17, 15) is 0 Å². The molecule has 0 fully saturated rings. The molecule has 3 rings (SSSR count). The van der Waals surface area contributed by atoms with Gasteiger partial charge in [-0.25, -0.2) is 4.98 Å². The van der Waals surface area contributed by atoms with Crippen molar-refractivity contribution < 1.29 is 0 Å². The van der Waals surface area contributed by atoms with E-state index in [1.165, 1.54) is 24.8 Å². The summed E-state index contributed by atoms with van der Waals surface area (Å²) in [4.78, 5) is 4.83. The molecule has 0 spiro atoms. The molecule has 0 aliphatic rings. The van der Waals surface area contributed by atoms with Crippen LogP contribution in [0.25, 0.3) is 11.0 Å². The zero-order valence-electron chi connectivity index (χ0n) is 12.9. The maximum absolute atomic E-state index is 6.31. The average molecular weight is 313 g/mol. The molecule has 114 valence electrons. The molecule has 0 aliphatic heterocycles. The molecule has 1 aromatic heterocycles. The van der Waals surface area contributed by atoms with Crippen LogP contribution in [0.5, 0.6) is 0 Å². The summed E-state index contributed by atoms with van der Waals surface area (Å²) in [7, 11) is 0. The molecule has 3 heteroatoms. The molecular formula is C19H21ClN2. The van der Waals surface area contributed by atoms with Crippen LogP contribution in [0.2, 0.25) is 5.02 Å². The standard InChI is InChI=1S/C19H21ClN2/c1-2-3-8-13-22-18-12-7-6-11-17(18)21-19(22)14-15-9-4-5-10-16(15)20/h4-7,9-12H,2-3,8,13-14H2,1H3. The zero-order chi connectivity index (χ0) is 15.4. The lowest BCUT2D eigenvalue weighted by atomic mass is 10.1. The molecule has 3 aromatic rings. The molecule has 0 radical (unpaired) electrons. The first-order valence-corrected chi connectivity index (χ1v) is 8.35. The van der Waals surface area contributed by atoms with Crippen molar-refractivity contribution in [3.05, 3.63) is 64.9 Å². The molecule has 22 heavy (non-hydrogen) atoms. The van der Waals surface area contributed by atoms with Gasteiger partial charge in [0.1, 0.15) is 5.82 Å². The summed E-state index contributed by atoms with van der Waals surface area (Å²) in [6.45, 7) is 3.25. The van der Waals surface area contributed by atoms with Gasteiger partial charge in [-0.05, 0) is 30.2 Å². The average Bonchev–Trinajstić information content (AvgIpc) is 2.88. The number of rotatable bonds is 6.